The van der Waals surface area contributed by atoms with Crippen molar-refractivity contribution in [3.05, 3.63) is 219 Å². The molecule has 0 aliphatic heterocycles. The fourth-order valence-corrected chi connectivity index (χ4v) is 7.30. The van der Waals surface area contributed by atoms with E-state index >= 15 is 0 Å². The Morgan fingerprint density at radius 1 is 0.200 bits per heavy atom. The van der Waals surface area contributed by atoms with Gasteiger partial charge in [0.2, 0.25) is 0 Å². The number of hydrogen-bond donors (Lipinski definition) is 0. The molecule has 0 amide bonds. The molecule has 0 spiro atoms. The van der Waals surface area contributed by atoms with Crippen molar-refractivity contribution in [2.45, 2.75) is 0 Å². The Balaban J connectivity index is 0.859. The van der Waals surface area contributed by atoms with Gasteiger partial charge < -0.3 is 0 Å². The highest BCUT2D eigenvalue weighted by Crippen LogP contribution is 2.33. The highest BCUT2D eigenvalue weighted by Gasteiger charge is 2.14. The van der Waals surface area contributed by atoms with Gasteiger partial charge in [0.1, 0.15) is 11.4 Å². The summed E-state index contributed by atoms with van der Waals surface area (Å²) < 4.78 is 0. The topological polar surface area (TPSA) is 77.3 Å². The number of pyridine rings is 2. The molecule has 6 heteroatoms. The predicted molar refractivity (Wildman–Crippen MR) is 242 cm³/mol. The Morgan fingerprint density at radius 3 is 0.717 bits per heavy atom. The largest absolute Gasteiger partial charge is 0.253 e. The third-order valence-electron chi connectivity index (χ3n) is 10.5. The molecule has 60 heavy (non-hydrogen) atoms. The number of benzene rings is 6. The van der Waals surface area contributed by atoms with Gasteiger partial charge in [-0.15, -0.1) is 0 Å². The molecule has 0 saturated heterocycles. The Bertz CT molecular complexity index is 2680. The van der Waals surface area contributed by atoms with Crippen LogP contribution in [0.4, 0.5) is 0 Å². The van der Waals surface area contributed by atoms with Crippen LogP contribution in [0.2, 0.25) is 0 Å². The fraction of sp³-hybridized carbons (Fsp3) is 0. The van der Waals surface area contributed by atoms with E-state index in [1.165, 1.54) is 0 Å². The first-order valence-electron chi connectivity index (χ1n) is 19.8. The summed E-state index contributed by atoms with van der Waals surface area (Å²) in [5.41, 5.74) is 15.9. The van der Waals surface area contributed by atoms with Gasteiger partial charge in [-0.3, -0.25) is 9.97 Å². The molecule has 282 valence electrons. The molecule has 0 unspecified atom stereocenters. The van der Waals surface area contributed by atoms with Gasteiger partial charge in [-0.1, -0.05) is 170 Å². The molecule has 10 rings (SSSR count). The summed E-state index contributed by atoms with van der Waals surface area (Å²) in [4.78, 5) is 28.7. The molecular formula is C54H36N6. The minimum Gasteiger partial charge on any atom is -0.253 e. The zero-order valence-electron chi connectivity index (χ0n) is 32.5. The van der Waals surface area contributed by atoms with Crippen LogP contribution in [0, 0.1) is 0 Å². The van der Waals surface area contributed by atoms with Gasteiger partial charge in [-0.25, -0.2) is 19.9 Å². The quantitative estimate of drug-likeness (QED) is 0.145. The minimum atomic E-state index is 0.602. The lowest BCUT2D eigenvalue weighted by Gasteiger charge is -2.10. The van der Waals surface area contributed by atoms with Gasteiger partial charge in [0, 0.05) is 34.6 Å². The number of aromatic nitrogens is 6. The molecular weight excluding hydrogens is 733 g/mol. The zero-order valence-corrected chi connectivity index (χ0v) is 32.5. The average Bonchev–Trinajstić information content (AvgIpc) is 3.35. The number of hydrogen-bond acceptors (Lipinski definition) is 6. The van der Waals surface area contributed by atoms with Crippen molar-refractivity contribution in [1.29, 1.82) is 0 Å². The Kier molecular flexibility index (Phi) is 9.84. The van der Waals surface area contributed by atoms with Crippen LogP contribution in [-0.4, -0.2) is 29.9 Å². The molecule has 0 aliphatic carbocycles. The first kappa shape index (κ1) is 36.1. The van der Waals surface area contributed by atoms with Crippen molar-refractivity contribution < 1.29 is 0 Å². The highest BCUT2D eigenvalue weighted by atomic mass is 14.9. The lowest BCUT2D eigenvalue weighted by molar-refractivity contribution is 1.15. The molecule has 4 heterocycles. The molecule has 0 aliphatic rings. The van der Waals surface area contributed by atoms with E-state index in [2.05, 4.69) is 131 Å². The second kappa shape index (κ2) is 16.3. The van der Waals surface area contributed by atoms with Gasteiger partial charge in [0.15, 0.2) is 11.6 Å². The normalized spacial score (nSPS) is 11.0. The van der Waals surface area contributed by atoms with Gasteiger partial charge in [0.25, 0.3) is 0 Å². The number of rotatable bonds is 9. The Labute approximate surface area is 348 Å². The summed E-state index contributed by atoms with van der Waals surface area (Å²) in [7, 11) is 0. The average molecular weight is 769 g/mol. The first-order chi connectivity index (χ1) is 29.7. The minimum absolute atomic E-state index is 0.602. The van der Waals surface area contributed by atoms with Crippen LogP contribution in [-0.2, 0) is 0 Å². The van der Waals surface area contributed by atoms with Crippen LogP contribution in [0.5, 0.6) is 0 Å². The SMILES string of the molecule is c1ccc(-c2cc(-c3ccc(-c4ccc(-c5ccc(-c6ccc(-c7cc(-c8ccccc8)nc(-c8ccccn8)n7)cc6)cc5)cc4)cc3)nc(-c3ccccn3)n2)cc1. The molecule has 0 radical (unpaired) electrons. The van der Waals surface area contributed by atoms with Crippen LogP contribution in [0.25, 0.3) is 101 Å². The Morgan fingerprint density at radius 2 is 0.450 bits per heavy atom. The molecule has 6 nitrogen and oxygen atoms in total. The van der Waals surface area contributed by atoms with Gasteiger partial charge in [-0.2, -0.15) is 0 Å². The molecule has 0 atom stereocenters. The molecule has 6 aromatic carbocycles. The van der Waals surface area contributed by atoms with Crippen LogP contribution in [0.1, 0.15) is 0 Å². The van der Waals surface area contributed by atoms with Gasteiger partial charge in [-0.05, 0) is 69.8 Å². The fourth-order valence-electron chi connectivity index (χ4n) is 7.30. The number of nitrogens with zero attached hydrogens (tertiary/aromatic N) is 6. The van der Waals surface area contributed by atoms with Crippen molar-refractivity contribution in [3.63, 3.8) is 0 Å². The lowest BCUT2D eigenvalue weighted by atomic mass is 9.97. The van der Waals surface area contributed by atoms with E-state index in [1.807, 2.05) is 84.9 Å². The van der Waals surface area contributed by atoms with E-state index in [0.29, 0.717) is 11.6 Å². The Hall–Kier alpha value is -8.22. The molecule has 0 saturated carbocycles. The van der Waals surface area contributed by atoms with E-state index in [-0.39, 0.29) is 0 Å². The predicted octanol–water partition coefficient (Wildman–Crippen LogP) is 13.1. The van der Waals surface area contributed by atoms with E-state index in [1.54, 1.807) is 12.4 Å². The maximum Gasteiger partial charge on any atom is 0.179 e. The smallest absolute Gasteiger partial charge is 0.179 e. The van der Waals surface area contributed by atoms with E-state index in [0.717, 1.165) is 89.8 Å². The van der Waals surface area contributed by atoms with Crippen LogP contribution in [0.3, 0.4) is 0 Å². The second-order valence-electron chi connectivity index (χ2n) is 14.4. The van der Waals surface area contributed by atoms with Crippen molar-refractivity contribution in [2.75, 3.05) is 0 Å². The lowest BCUT2D eigenvalue weighted by Crippen LogP contribution is -1.97. The summed E-state index contributed by atoms with van der Waals surface area (Å²) in [5, 5.41) is 0. The van der Waals surface area contributed by atoms with E-state index in [9.17, 15) is 0 Å². The molecule has 10 aromatic rings. The molecule has 0 bridgehead atoms. The molecule has 4 aromatic heterocycles. The summed E-state index contributed by atoms with van der Waals surface area (Å²) in [5.74, 6) is 1.20. The molecule has 0 N–H and O–H groups in total. The zero-order chi connectivity index (χ0) is 40.1. The van der Waals surface area contributed by atoms with Crippen LogP contribution in [0.15, 0.2) is 219 Å². The van der Waals surface area contributed by atoms with Crippen molar-refractivity contribution in [1.82, 2.24) is 29.9 Å². The molecule has 0 fully saturated rings. The summed E-state index contributed by atoms with van der Waals surface area (Å²) >= 11 is 0. The van der Waals surface area contributed by atoms with Crippen molar-refractivity contribution in [3.8, 4) is 101 Å². The highest BCUT2D eigenvalue weighted by molar-refractivity contribution is 5.78. The summed E-state index contributed by atoms with van der Waals surface area (Å²) in [6, 6.07) is 70.7. The van der Waals surface area contributed by atoms with Gasteiger partial charge >= 0.3 is 0 Å². The summed E-state index contributed by atoms with van der Waals surface area (Å²) in [6.07, 6.45) is 3.54. The van der Waals surface area contributed by atoms with E-state index in [4.69, 9.17) is 19.9 Å². The van der Waals surface area contributed by atoms with Gasteiger partial charge in [0.05, 0.1) is 22.8 Å². The maximum absolute atomic E-state index is 4.93. The van der Waals surface area contributed by atoms with Crippen LogP contribution >= 0.6 is 0 Å². The van der Waals surface area contributed by atoms with Crippen molar-refractivity contribution in [2.24, 2.45) is 0 Å². The third kappa shape index (κ3) is 7.73. The van der Waals surface area contributed by atoms with Crippen molar-refractivity contribution >= 4 is 0 Å². The van der Waals surface area contributed by atoms with Crippen LogP contribution < -0.4 is 0 Å². The second-order valence-corrected chi connectivity index (χ2v) is 14.4. The standard InChI is InChI=1S/C54H36N6/c1-3-11-43(12-4-1)49-35-51(59-53(57-49)47-15-7-9-33-55-47)45-29-25-41(26-30-45)39-21-17-37(18-22-39)38-19-23-40(24-20-38)42-27-31-46(32-28-42)52-36-50(44-13-5-2-6-14-44)58-54(60-52)48-16-8-10-34-56-48/h1-36H. The third-order valence-corrected chi connectivity index (χ3v) is 10.5. The van der Waals surface area contributed by atoms with E-state index < -0.39 is 0 Å². The summed E-state index contributed by atoms with van der Waals surface area (Å²) in [6.45, 7) is 0. The first-order valence-corrected chi connectivity index (χ1v) is 19.8. The monoisotopic (exact) mass is 768 g/mol. The maximum atomic E-state index is 4.93.